The number of hydrogen-bond acceptors (Lipinski definition) is 3. The molecule has 0 saturated carbocycles. The molecule has 76 valence electrons. The molecule has 0 radical (unpaired) electrons. The maximum absolute atomic E-state index is 10.4. The van der Waals surface area contributed by atoms with Crippen LogP contribution >= 0.6 is 0 Å². The molecule has 1 unspecified atom stereocenters. The summed E-state index contributed by atoms with van der Waals surface area (Å²) in [6, 6.07) is 4.01. The highest BCUT2D eigenvalue weighted by Gasteiger charge is 2.10. The summed E-state index contributed by atoms with van der Waals surface area (Å²) in [4.78, 5) is 10.1. The van der Waals surface area contributed by atoms with Crippen molar-refractivity contribution >= 4 is 16.7 Å². The molecule has 0 spiro atoms. The third kappa shape index (κ3) is 2.13. The highest BCUT2D eigenvalue weighted by molar-refractivity contribution is 7.81. The van der Waals surface area contributed by atoms with Gasteiger partial charge in [-0.3, -0.25) is 15.3 Å². The van der Waals surface area contributed by atoms with E-state index in [1.165, 1.54) is 18.2 Å². The van der Waals surface area contributed by atoms with Crippen molar-refractivity contribution in [1.29, 1.82) is 0 Å². The Morgan fingerprint density at radius 3 is 2.71 bits per heavy atom. The molecule has 0 saturated heterocycles. The van der Waals surface area contributed by atoms with Crippen molar-refractivity contribution in [3.8, 4) is 0 Å². The monoisotopic (exact) mass is 216 g/mol. The predicted molar refractivity (Wildman–Crippen MR) is 50.3 cm³/mol. The van der Waals surface area contributed by atoms with Gasteiger partial charge in [-0.2, -0.15) is 0 Å². The van der Waals surface area contributed by atoms with E-state index >= 15 is 0 Å². The highest BCUT2D eigenvalue weighted by atomic mass is 32.2. The number of rotatable bonds is 2. The minimum absolute atomic E-state index is 0.138. The topological polar surface area (TPSA) is 96.0 Å². The van der Waals surface area contributed by atoms with Gasteiger partial charge in [-0.1, -0.05) is 10.6 Å². The molecule has 7 heteroatoms. The van der Waals surface area contributed by atoms with Crippen molar-refractivity contribution in [3.05, 3.63) is 33.9 Å². The Bertz CT molecular complexity index is 405. The largest absolute Gasteiger partial charge is 0.316 e. The van der Waals surface area contributed by atoms with Crippen LogP contribution in [-0.2, 0) is 11.0 Å². The van der Waals surface area contributed by atoms with E-state index in [-0.39, 0.29) is 10.6 Å². The zero-order valence-corrected chi connectivity index (χ0v) is 8.06. The summed E-state index contributed by atoms with van der Waals surface area (Å²) in [5.41, 5.74) is 0.500. The van der Waals surface area contributed by atoms with Gasteiger partial charge >= 0.3 is 0 Å². The lowest BCUT2D eigenvalue weighted by atomic mass is 10.2. The van der Waals surface area contributed by atoms with Gasteiger partial charge in [0.05, 0.1) is 20.8 Å². The van der Waals surface area contributed by atoms with E-state index in [2.05, 4.69) is 4.53 Å². The predicted octanol–water partition coefficient (Wildman–Crippen LogP) is 1.93. The molecule has 6 nitrogen and oxygen atoms in total. The van der Waals surface area contributed by atoms with Crippen LogP contribution in [0, 0.1) is 17.0 Å². The zero-order valence-electron chi connectivity index (χ0n) is 7.25. The van der Waals surface area contributed by atoms with E-state index in [1.54, 1.807) is 6.92 Å². The van der Waals surface area contributed by atoms with Gasteiger partial charge in [-0.05, 0) is 12.5 Å². The van der Waals surface area contributed by atoms with E-state index < -0.39 is 15.9 Å². The fourth-order valence-corrected chi connectivity index (χ4v) is 1.61. The SMILES string of the molecule is Cc1ccc([N+](=O)[O-])cc1/S(O)=N/O. The summed E-state index contributed by atoms with van der Waals surface area (Å²) < 4.78 is 11.9. The van der Waals surface area contributed by atoms with Gasteiger partial charge in [0.25, 0.3) is 5.69 Å². The van der Waals surface area contributed by atoms with Crippen LogP contribution in [0.5, 0.6) is 0 Å². The number of hydrogen-bond donors (Lipinski definition) is 2. The maximum atomic E-state index is 10.4. The molecule has 0 aliphatic rings. The first-order valence-corrected chi connectivity index (χ1v) is 4.73. The van der Waals surface area contributed by atoms with Crippen molar-refractivity contribution in [2.24, 2.45) is 4.53 Å². The normalized spacial score (nSPS) is 12.8. The summed E-state index contributed by atoms with van der Waals surface area (Å²) in [5.74, 6) is 0. The van der Waals surface area contributed by atoms with Gasteiger partial charge in [-0.15, -0.1) is 0 Å². The molecule has 1 aromatic rings. The molecule has 0 amide bonds. The van der Waals surface area contributed by atoms with Gasteiger partial charge in [-0.25, -0.2) is 0 Å². The van der Waals surface area contributed by atoms with Crippen molar-refractivity contribution in [2.45, 2.75) is 11.8 Å². The van der Waals surface area contributed by atoms with E-state index in [1.807, 2.05) is 0 Å². The lowest BCUT2D eigenvalue weighted by Crippen LogP contribution is -1.95. The van der Waals surface area contributed by atoms with Crippen LogP contribution in [0.2, 0.25) is 0 Å². The second-order valence-electron chi connectivity index (χ2n) is 2.55. The smallest absolute Gasteiger partial charge is 0.270 e. The average Bonchev–Trinajstić information content (AvgIpc) is 2.17. The molecular weight excluding hydrogens is 208 g/mol. The summed E-state index contributed by atoms with van der Waals surface area (Å²) in [6.07, 6.45) is 0. The number of nitro groups is 1. The molecule has 1 aromatic carbocycles. The standard InChI is InChI=1S/C7H8N2O4S/c1-5-2-3-6(9(11)12)4-7(5)14(13)8-10/h2-4,10H,1H3,(H,8,13). The van der Waals surface area contributed by atoms with Crippen LogP contribution < -0.4 is 0 Å². The van der Waals surface area contributed by atoms with Crippen LogP contribution in [0.3, 0.4) is 0 Å². The molecule has 14 heavy (non-hydrogen) atoms. The van der Waals surface area contributed by atoms with E-state index in [0.717, 1.165) is 0 Å². The van der Waals surface area contributed by atoms with Crippen LogP contribution in [0.25, 0.3) is 0 Å². The third-order valence-corrected chi connectivity index (χ3v) is 2.64. The molecule has 0 aromatic heterocycles. The van der Waals surface area contributed by atoms with Crippen LogP contribution in [0.1, 0.15) is 5.56 Å². The first-order chi connectivity index (χ1) is 6.56. The van der Waals surface area contributed by atoms with Crippen molar-refractivity contribution < 1.29 is 14.7 Å². The van der Waals surface area contributed by atoms with E-state index in [0.29, 0.717) is 5.56 Å². The molecule has 0 aliphatic carbocycles. The second kappa shape index (κ2) is 4.27. The highest BCUT2D eigenvalue weighted by Crippen LogP contribution is 2.20. The van der Waals surface area contributed by atoms with Crippen molar-refractivity contribution in [2.75, 3.05) is 0 Å². The average molecular weight is 216 g/mol. The van der Waals surface area contributed by atoms with E-state index in [4.69, 9.17) is 5.21 Å². The number of aryl methyl sites for hydroxylation is 1. The molecular formula is C7H8N2O4S. The minimum Gasteiger partial charge on any atom is -0.316 e. The van der Waals surface area contributed by atoms with Crippen LogP contribution in [0.15, 0.2) is 27.6 Å². The van der Waals surface area contributed by atoms with Gasteiger partial charge in [0.1, 0.15) is 0 Å². The Hall–Kier alpha value is -1.31. The quantitative estimate of drug-likeness (QED) is 0.583. The first-order valence-electron chi connectivity index (χ1n) is 3.60. The number of non-ortho nitro benzene ring substituents is 1. The van der Waals surface area contributed by atoms with E-state index in [9.17, 15) is 14.7 Å². The lowest BCUT2D eigenvalue weighted by molar-refractivity contribution is -0.385. The number of nitro benzene ring substituents is 1. The molecule has 0 heterocycles. The summed E-state index contributed by atoms with van der Waals surface area (Å²) >= 11 is 0. The van der Waals surface area contributed by atoms with Gasteiger partial charge < -0.3 is 4.55 Å². The molecule has 2 N–H and O–H groups in total. The molecule has 0 aliphatic heterocycles. The fraction of sp³-hybridized carbons (Fsp3) is 0.143. The maximum Gasteiger partial charge on any atom is 0.270 e. The number of nitrogens with zero attached hydrogens (tertiary/aromatic N) is 2. The summed E-state index contributed by atoms with van der Waals surface area (Å²) in [7, 11) is -1.70. The Morgan fingerprint density at radius 2 is 2.21 bits per heavy atom. The fourth-order valence-electron chi connectivity index (χ4n) is 0.943. The second-order valence-corrected chi connectivity index (χ2v) is 3.68. The van der Waals surface area contributed by atoms with Crippen LogP contribution in [0.4, 0.5) is 5.69 Å². The third-order valence-electron chi connectivity index (χ3n) is 1.66. The molecule has 0 fully saturated rings. The lowest BCUT2D eigenvalue weighted by Gasteiger charge is -2.02. The first kappa shape index (κ1) is 10.8. The van der Waals surface area contributed by atoms with Gasteiger partial charge in [0, 0.05) is 12.1 Å². The molecule has 1 atom stereocenters. The Labute approximate surface area is 82.2 Å². The van der Waals surface area contributed by atoms with Crippen molar-refractivity contribution in [1.82, 2.24) is 0 Å². The van der Waals surface area contributed by atoms with Gasteiger partial charge in [0.2, 0.25) is 0 Å². The molecule has 0 bridgehead atoms. The summed E-state index contributed by atoms with van der Waals surface area (Å²) in [5, 5.41) is 18.8. The Morgan fingerprint density at radius 1 is 1.57 bits per heavy atom. The van der Waals surface area contributed by atoms with Gasteiger partial charge in [0.15, 0.2) is 0 Å². The minimum atomic E-state index is -1.70. The summed E-state index contributed by atoms with van der Waals surface area (Å²) in [6.45, 7) is 1.67. The zero-order chi connectivity index (χ0) is 10.7. The van der Waals surface area contributed by atoms with Crippen LogP contribution in [-0.4, -0.2) is 14.7 Å². The van der Waals surface area contributed by atoms with Crippen molar-refractivity contribution in [3.63, 3.8) is 0 Å². The Kier molecular flexibility index (Phi) is 3.28. The molecule has 1 rings (SSSR count). The number of benzene rings is 1. The Balaban J connectivity index is 3.28.